The molecule has 0 radical (unpaired) electrons. The van der Waals surface area contributed by atoms with Crippen LogP contribution in [-0.4, -0.2) is 54.4 Å². The third-order valence-electron chi connectivity index (χ3n) is 2.65. The second-order valence-corrected chi connectivity index (χ2v) is 4.87. The van der Waals surface area contributed by atoms with Crippen LogP contribution >= 0.6 is 0 Å². The third kappa shape index (κ3) is 5.86. The van der Waals surface area contributed by atoms with Crippen molar-refractivity contribution >= 4 is 12.0 Å². The van der Waals surface area contributed by atoms with Gasteiger partial charge in [-0.05, 0) is 19.8 Å². The van der Waals surface area contributed by atoms with E-state index in [9.17, 15) is 9.59 Å². The summed E-state index contributed by atoms with van der Waals surface area (Å²) in [5.41, 5.74) is 0. The zero-order chi connectivity index (χ0) is 14.3. The normalized spacial score (nSPS) is 12.6. The van der Waals surface area contributed by atoms with Gasteiger partial charge in [0.2, 0.25) is 0 Å². The first kappa shape index (κ1) is 16.7. The molecule has 0 aromatic rings. The molecule has 0 aromatic carbocycles. The molecule has 6 heteroatoms. The molecule has 0 aliphatic rings. The van der Waals surface area contributed by atoms with Crippen molar-refractivity contribution in [3.8, 4) is 0 Å². The maximum Gasteiger partial charge on any atom is 0.323 e. The van der Waals surface area contributed by atoms with Crippen molar-refractivity contribution in [2.24, 2.45) is 5.92 Å². The molecule has 0 heterocycles. The van der Waals surface area contributed by atoms with E-state index in [0.717, 1.165) is 0 Å². The van der Waals surface area contributed by atoms with Gasteiger partial charge in [-0.25, -0.2) is 4.79 Å². The summed E-state index contributed by atoms with van der Waals surface area (Å²) >= 11 is 0. The van der Waals surface area contributed by atoms with Gasteiger partial charge in [0.15, 0.2) is 0 Å². The number of carbonyl (C=O) groups excluding carboxylic acids is 1. The number of ether oxygens (including phenoxy) is 1. The van der Waals surface area contributed by atoms with Crippen molar-refractivity contribution in [1.82, 2.24) is 10.2 Å². The van der Waals surface area contributed by atoms with Crippen LogP contribution < -0.4 is 5.32 Å². The van der Waals surface area contributed by atoms with Gasteiger partial charge in [0, 0.05) is 13.2 Å². The van der Waals surface area contributed by atoms with Gasteiger partial charge in [0.1, 0.15) is 6.54 Å². The Morgan fingerprint density at radius 3 is 2.17 bits per heavy atom. The fraction of sp³-hybridized carbons (Fsp3) is 0.833. The topological polar surface area (TPSA) is 78.9 Å². The first-order valence-electron chi connectivity index (χ1n) is 6.07. The molecule has 18 heavy (non-hydrogen) atoms. The molecule has 0 saturated carbocycles. The molecule has 1 unspecified atom stereocenters. The zero-order valence-electron chi connectivity index (χ0n) is 11.8. The SMILES string of the molecule is COCC(NC(=O)N(CC(=O)O)C(C)C)C(C)C. The summed E-state index contributed by atoms with van der Waals surface area (Å²) in [4.78, 5) is 24.0. The largest absolute Gasteiger partial charge is 0.480 e. The number of hydrogen-bond donors (Lipinski definition) is 2. The van der Waals surface area contributed by atoms with E-state index >= 15 is 0 Å². The Bertz CT molecular complexity index is 279. The van der Waals surface area contributed by atoms with Crippen LogP contribution in [0.25, 0.3) is 0 Å². The number of nitrogens with zero attached hydrogens (tertiary/aromatic N) is 1. The summed E-state index contributed by atoms with van der Waals surface area (Å²) in [7, 11) is 1.57. The second-order valence-electron chi connectivity index (χ2n) is 4.87. The van der Waals surface area contributed by atoms with E-state index in [4.69, 9.17) is 9.84 Å². The molecule has 0 bridgehead atoms. The fourth-order valence-corrected chi connectivity index (χ4v) is 1.46. The standard InChI is InChI=1S/C12H24N2O4/c1-8(2)10(7-18-5)13-12(17)14(9(3)4)6-11(15)16/h8-10H,6-7H2,1-5H3,(H,13,17)(H,15,16). The lowest BCUT2D eigenvalue weighted by molar-refractivity contribution is -0.138. The third-order valence-corrected chi connectivity index (χ3v) is 2.65. The van der Waals surface area contributed by atoms with Gasteiger partial charge >= 0.3 is 12.0 Å². The van der Waals surface area contributed by atoms with Gasteiger partial charge in [-0.2, -0.15) is 0 Å². The van der Waals surface area contributed by atoms with Crippen molar-refractivity contribution < 1.29 is 19.4 Å². The summed E-state index contributed by atoms with van der Waals surface area (Å²) in [5.74, 6) is -0.806. The van der Waals surface area contributed by atoms with Crippen LogP contribution in [0.15, 0.2) is 0 Å². The monoisotopic (exact) mass is 260 g/mol. The van der Waals surface area contributed by atoms with Gasteiger partial charge in [0.25, 0.3) is 0 Å². The Morgan fingerprint density at radius 2 is 1.83 bits per heavy atom. The van der Waals surface area contributed by atoms with Crippen molar-refractivity contribution in [1.29, 1.82) is 0 Å². The molecule has 6 nitrogen and oxygen atoms in total. The average molecular weight is 260 g/mol. The second kappa shape index (κ2) is 7.92. The predicted octanol–water partition coefficient (Wildman–Crippen LogP) is 1.16. The molecular weight excluding hydrogens is 236 g/mol. The van der Waals surface area contributed by atoms with Crippen molar-refractivity contribution in [2.75, 3.05) is 20.3 Å². The van der Waals surface area contributed by atoms with E-state index in [1.165, 1.54) is 4.90 Å². The lowest BCUT2D eigenvalue weighted by atomic mass is 10.1. The van der Waals surface area contributed by atoms with Crippen LogP contribution in [-0.2, 0) is 9.53 Å². The number of hydrogen-bond acceptors (Lipinski definition) is 3. The molecule has 0 spiro atoms. The van der Waals surface area contributed by atoms with Gasteiger partial charge in [-0.3, -0.25) is 4.79 Å². The zero-order valence-corrected chi connectivity index (χ0v) is 11.8. The number of urea groups is 1. The lowest BCUT2D eigenvalue weighted by Gasteiger charge is -2.29. The summed E-state index contributed by atoms with van der Waals surface area (Å²) in [5, 5.41) is 11.6. The highest BCUT2D eigenvalue weighted by molar-refractivity contribution is 5.80. The van der Waals surface area contributed by atoms with Crippen LogP contribution in [0.2, 0.25) is 0 Å². The van der Waals surface area contributed by atoms with E-state index in [-0.39, 0.29) is 30.6 Å². The molecular formula is C12H24N2O4. The minimum atomic E-state index is -1.02. The Hall–Kier alpha value is -1.30. The molecule has 0 rings (SSSR count). The van der Waals surface area contributed by atoms with Crippen LogP contribution in [0, 0.1) is 5.92 Å². The highest BCUT2D eigenvalue weighted by Gasteiger charge is 2.23. The predicted molar refractivity (Wildman–Crippen MR) is 68.5 cm³/mol. The number of amides is 2. The maximum atomic E-state index is 12.0. The molecule has 2 N–H and O–H groups in total. The van der Waals surface area contributed by atoms with Crippen molar-refractivity contribution in [2.45, 2.75) is 39.8 Å². The average Bonchev–Trinajstić information content (AvgIpc) is 2.24. The molecule has 106 valence electrons. The van der Waals surface area contributed by atoms with Gasteiger partial charge < -0.3 is 20.1 Å². The molecule has 0 fully saturated rings. The summed E-state index contributed by atoms with van der Waals surface area (Å²) in [6.45, 7) is 7.61. The molecule has 2 amide bonds. The van der Waals surface area contributed by atoms with Gasteiger partial charge in [-0.15, -0.1) is 0 Å². The molecule has 0 saturated heterocycles. The number of carbonyl (C=O) groups is 2. The van der Waals surface area contributed by atoms with Crippen LogP contribution in [0.3, 0.4) is 0 Å². The number of methoxy groups -OCH3 is 1. The number of nitrogens with one attached hydrogen (secondary N) is 1. The van der Waals surface area contributed by atoms with Crippen molar-refractivity contribution in [3.05, 3.63) is 0 Å². The highest BCUT2D eigenvalue weighted by atomic mass is 16.5. The van der Waals surface area contributed by atoms with E-state index in [1.807, 2.05) is 13.8 Å². The Balaban J connectivity index is 4.61. The minimum Gasteiger partial charge on any atom is -0.480 e. The minimum absolute atomic E-state index is 0.127. The van der Waals surface area contributed by atoms with Gasteiger partial charge in [0.05, 0.1) is 12.6 Å². The number of carboxylic acid groups (broad SMARTS) is 1. The highest BCUT2D eigenvalue weighted by Crippen LogP contribution is 2.05. The summed E-state index contributed by atoms with van der Waals surface area (Å²) in [6, 6.07) is -0.669. The van der Waals surface area contributed by atoms with Crippen LogP contribution in [0.4, 0.5) is 4.79 Å². The smallest absolute Gasteiger partial charge is 0.323 e. The lowest BCUT2D eigenvalue weighted by Crippen LogP contribution is -2.52. The molecule has 0 aromatic heterocycles. The van der Waals surface area contributed by atoms with E-state index in [1.54, 1.807) is 21.0 Å². The van der Waals surface area contributed by atoms with Gasteiger partial charge in [-0.1, -0.05) is 13.8 Å². The van der Waals surface area contributed by atoms with Crippen LogP contribution in [0.1, 0.15) is 27.7 Å². The quantitative estimate of drug-likeness (QED) is 0.720. The maximum absolute atomic E-state index is 12.0. The number of carboxylic acids is 1. The first-order chi connectivity index (χ1) is 8.29. The molecule has 0 aliphatic heterocycles. The van der Waals surface area contributed by atoms with Crippen LogP contribution in [0.5, 0.6) is 0 Å². The number of aliphatic carboxylic acids is 1. The number of rotatable bonds is 7. The van der Waals surface area contributed by atoms with E-state index < -0.39 is 5.97 Å². The molecule has 1 atom stereocenters. The first-order valence-corrected chi connectivity index (χ1v) is 6.07. The summed E-state index contributed by atoms with van der Waals surface area (Å²) in [6.07, 6.45) is 0. The van der Waals surface area contributed by atoms with Crippen molar-refractivity contribution in [3.63, 3.8) is 0 Å². The Kier molecular flexibility index (Phi) is 7.35. The van der Waals surface area contributed by atoms with E-state index in [0.29, 0.717) is 6.61 Å². The fourth-order valence-electron chi connectivity index (χ4n) is 1.46. The molecule has 0 aliphatic carbocycles. The Labute approximate surface area is 108 Å². The van der Waals surface area contributed by atoms with E-state index in [2.05, 4.69) is 5.32 Å². The summed E-state index contributed by atoms with van der Waals surface area (Å²) < 4.78 is 5.04. The Morgan fingerprint density at radius 1 is 1.28 bits per heavy atom.